The molecule has 4 heteroatoms. The minimum absolute atomic E-state index is 0.0836. The second-order valence-electron chi connectivity index (χ2n) is 3.64. The molecule has 1 N–H and O–H groups in total. The summed E-state index contributed by atoms with van der Waals surface area (Å²) < 4.78 is 5.28. The highest BCUT2D eigenvalue weighted by atomic mass is 16.5. The van der Waals surface area contributed by atoms with Crippen molar-refractivity contribution in [1.29, 1.82) is 0 Å². The van der Waals surface area contributed by atoms with Crippen LogP contribution in [0, 0.1) is 0 Å². The number of carbonyl (C=O) groups excluding carboxylic acids is 1. The van der Waals surface area contributed by atoms with E-state index in [1.54, 1.807) is 13.1 Å². The van der Waals surface area contributed by atoms with Crippen LogP contribution in [0.2, 0.25) is 0 Å². The summed E-state index contributed by atoms with van der Waals surface area (Å²) in [5, 5.41) is 6.86. The fourth-order valence-corrected chi connectivity index (χ4v) is 1.87. The molecule has 4 nitrogen and oxygen atoms in total. The number of aromatic amines is 1. The van der Waals surface area contributed by atoms with E-state index < -0.39 is 0 Å². The number of H-pyrrole nitrogens is 1. The van der Waals surface area contributed by atoms with Crippen LogP contribution in [0.15, 0.2) is 6.20 Å². The number of carbonyl (C=O) groups is 1. The lowest BCUT2D eigenvalue weighted by atomic mass is 9.93. The molecule has 0 unspecified atom stereocenters. The van der Waals surface area contributed by atoms with E-state index in [-0.39, 0.29) is 5.78 Å². The third-order valence-electron chi connectivity index (χ3n) is 2.68. The molecule has 0 spiro atoms. The van der Waals surface area contributed by atoms with E-state index in [4.69, 9.17) is 4.74 Å². The molecule has 0 amide bonds. The Morgan fingerprint density at radius 1 is 1.57 bits per heavy atom. The first-order chi connectivity index (χ1) is 6.79. The fourth-order valence-electron chi connectivity index (χ4n) is 1.87. The molecule has 2 rings (SSSR count). The second-order valence-corrected chi connectivity index (χ2v) is 3.64. The van der Waals surface area contributed by atoms with Gasteiger partial charge < -0.3 is 4.74 Å². The normalized spacial score (nSPS) is 18.4. The average molecular weight is 194 g/mol. The lowest BCUT2D eigenvalue weighted by Gasteiger charge is -2.21. The number of nitrogens with zero attached hydrogens (tertiary/aromatic N) is 1. The zero-order chi connectivity index (χ0) is 9.97. The summed E-state index contributed by atoms with van der Waals surface area (Å²) in [7, 11) is 0. The summed E-state index contributed by atoms with van der Waals surface area (Å²) in [4.78, 5) is 11.3. The van der Waals surface area contributed by atoms with E-state index in [1.165, 1.54) is 0 Å². The molecule has 0 aromatic carbocycles. The van der Waals surface area contributed by atoms with Gasteiger partial charge in [-0.3, -0.25) is 9.89 Å². The molecule has 1 saturated heterocycles. The van der Waals surface area contributed by atoms with Gasteiger partial charge in [-0.05, 0) is 19.8 Å². The first-order valence-electron chi connectivity index (χ1n) is 4.91. The largest absolute Gasteiger partial charge is 0.381 e. The van der Waals surface area contributed by atoms with Crippen LogP contribution >= 0.6 is 0 Å². The molecule has 76 valence electrons. The Kier molecular flexibility index (Phi) is 2.63. The molecule has 1 aromatic rings. The van der Waals surface area contributed by atoms with Crippen LogP contribution in [0.4, 0.5) is 0 Å². The number of Topliss-reactive ketones (excluding diaryl/α,β-unsaturated/α-hetero) is 1. The van der Waals surface area contributed by atoms with E-state index in [1.807, 2.05) is 0 Å². The van der Waals surface area contributed by atoms with Crippen molar-refractivity contribution in [1.82, 2.24) is 10.2 Å². The minimum atomic E-state index is 0.0836. The minimum Gasteiger partial charge on any atom is -0.381 e. The van der Waals surface area contributed by atoms with E-state index >= 15 is 0 Å². The van der Waals surface area contributed by atoms with Crippen molar-refractivity contribution >= 4 is 5.78 Å². The summed E-state index contributed by atoms with van der Waals surface area (Å²) in [6.07, 6.45) is 3.57. The Hall–Kier alpha value is -1.16. The molecule has 0 saturated carbocycles. The molecular weight excluding hydrogens is 180 g/mol. The highest BCUT2D eigenvalue weighted by Crippen LogP contribution is 2.27. The number of nitrogens with one attached hydrogen (secondary N) is 1. The number of hydrogen-bond acceptors (Lipinski definition) is 3. The fraction of sp³-hybridized carbons (Fsp3) is 0.600. The van der Waals surface area contributed by atoms with Gasteiger partial charge in [-0.25, -0.2) is 0 Å². The number of ketones is 1. The first-order valence-corrected chi connectivity index (χ1v) is 4.91. The lowest BCUT2D eigenvalue weighted by molar-refractivity contribution is 0.0837. The molecule has 0 radical (unpaired) electrons. The standard InChI is InChI=1S/C10H14N2O2/c1-7(13)9-6-11-12-10(9)8-2-4-14-5-3-8/h6,8H,2-5H2,1H3,(H,11,12). The van der Waals surface area contributed by atoms with Gasteiger partial charge in [0.25, 0.3) is 0 Å². The van der Waals surface area contributed by atoms with Crippen LogP contribution in [0.5, 0.6) is 0 Å². The maximum atomic E-state index is 11.3. The number of ether oxygens (including phenoxy) is 1. The Balaban J connectivity index is 2.21. The Bertz CT molecular complexity index is 327. The van der Waals surface area contributed by atoms with Gasteiger partial charge in [-0.2, -0.15) is 5.10 Å². The summed E-state index contributed by atoms with van der Waals surface area (Å²) in [6, 6.07) is 0. The summed E-state index contributed by atoms with van der Waals surface area (Å²) in [5.41, 5.74) is 1.72. The Morgan fingerprint density at radius 3 is 2.93 bits per heavy atom. The molecule has 1 aliphatic rings. The van der Waals surface area contributed by atoms with Gasteiger partial charge in [0.2, 0.25) is 0 Å². The van der Waals surface area contributed by atoms with Crippen molar-refractivity contribution in [2.45, 2.75) is 25.7 Å². The van der Waals surface area contributed by atoms with Crippen molar-refractivity contribution in [2.75, 3.05) is 13.2 Å². The number of aromatic nitrogens is 2. The molecule has 14 heavy (non-hydrogen) atoms. The summed E-state index contributed by atoms with van der Waals surface area (Å²) in [6.45, 7) is 3.13. The van der Waals surface area contributed by atoms with Gasteiger partial charge in [-0.15, -0.1) is 0 Å². The maximum absolute atomic E-state index is 11.3. The zero-order valence-electron chi connectivity index (χ0n) is 8.25. The molecule has 0 bridgehead atoms. The smallest absolute Gasteiger partial charge is 0.163 e. The molecule has 1 fully saturated rings. The van der Waals surface area contributed by atoms with Gasteiger partial charge in [0.05, 0.1) is 11.8 Å². The van der Waals surface area contributed by atoms with Crippen LogP contribution in [0.3, 0.4) is 0 Å². The van der Waals surface area contributed by atoms with Crippen LogP contribution < -0.4 is 0 Å². The van der Waals surface area contributed by atoms with Crippen molar-refractivity contribution in [3.8, 4) is 0 Å². The van der Waals surface area contributed by atoms with Crippen molar-refractivity contribution < 1.29 is 9.53 Å². The predicted molar refractivity (Wildman–Crippen MR) is 51.4 cm³/mol. The van der Waals surface area contributed by atoms with Gasteiger partial charge >= 0.3 is 0 Å². The quantitative estimate of drug-likeness (QED) is 0.726. The van der Waals surface area contributed by atoms with Gasteiger partial charge in [0.1, 0.15) is 0 Å². The average Bonchev–Trinajstić information content (AvgIpc) is 2.67. The second kappa shape index (κ2) is 3.92. The van der Waals surface area contributed by atoms with Gasteiger partial charge in [-0.1, -0.05) is 0 Å². The molecule has 1 aliphatic heterocycles. The summed E-state index contributed by atoms with van der Waals surface area (Å²) in [5.74, 6) is 0.491. The van der Waals surface area contributed by atoms with Crippen LogP contribution in [-0.4, -0.2) is 29.2 Å². The Morgan fingerprint density at radius 2 is 2.29 bits per heavy atom. The number of rotatable bonds is 2. The molecule has 0 atom stereocenters. The lowest BCUT2D eigenvalue weighted by Crippen LogP contribution is -2.16. The van der Waals surface area contributed by atoms with E-state index in [0.717, 1.165) is 37.3 Å². The summed E-state index contributed by atoms with van der Waals surface area (Å²) >= 11 is 0. The van der Waals surface area contributed by atoms with E-state index in [2.05, 4.69) is 10.2 Å². The molecular formula is C10H14N2O2. The topological polar surface area (TPSA) is 55.0 Å². The first kappa shape index (κ1) is 9.40. The van der Waals surface area contributed by atoms with Crippen LogP contribution in [0.1, 0.15) is 41.7 Å². The number of hydrogen-bond donors (Lipinski definition) is 1. The maximum Gasteiger partial charge on any atom is 0.163 e. The molecule has 1 aromatic heterocycles. The molecule has 2 heterocycles. The highest BCUT2D eigenvalue weighted by molar-refractivity contribution is 5.95. The third-order valence-corrected chi connectivity index (χ3v) is 2.68. The predicted octanol–water partition coefficient (Wildman–Crippen LogP) is 1.51. The van der Waals surface area contributed by atoms with E-state index in [9.17, 15) is 4.79 Å². The van der Waals surface area contributed by atoms with Gasteiger partial charge in [0, 0.05) is 24.8 Å². The highest BCUT2D eigenvalue weighted by Gasteiger charge is 2.21. The van der Waals surface area contributed by atoms with Gasteiger partial charge in [0.15, 0.2) is 5.78 Å². The molecule has 0 aliphatic carbocycles. The van der Waals surface area contributed by atoms with E-state index in [0.29, 0.717) is 5.92 Å². The zero-order valence-corrected chi connectivity index (χ0v) is 8.25. The van der Waals surface area contributed by atoms with Crippen molar-refractivity contribution in [3.63, 3.8) is 0 Å². The monoisotopic (exact) mass is 194 g/mol. The van der Waals surface area contributed by atoms with Crippen LogP contribution in [-0.2, 0) is 4.74 Å². The van der Waals surface area contributed by atoms with Crippen LogP contribution in [0.25, 0.3) is 0 Å². The van der Waals surface area contributed by atoms with Crippen molar-refractivity contribution in [2.24, 2.45) is 0 Å². The third kappa shape index (κ3) is 1.70. The van der Waals surface area contributed by atoms with Crippen molar-refractivity contribution in [3.05, 3.63) is 17.5 Å². The Labute approximate surface area is 82.7 Å². The SMILES string of the molecule is CC(=O)c1cn[nH]c1C1CCOCC1.